The molecule has 0 unspecified atom stereocenters. The second-order valence-electron chi connectivity index (χ2n) is 2.82. The molecule has 0 aromatic heterocycles. The highest BCUT2D eigenvalue weighted by atomic mass is 16.5. The second-order valence-corrected chi connectivity index (χ2v) is 2.82. The molecule has 1 aliphatic rings. The van der Waals surface area contributed by atoms with Crippen LogP contribution in [0.25, 0.3) is 0 Å². The maximum Gasteiger partial charge on any atom is 0.130 e. The van der Waals surface area contributed by atoms with E-state index in [0.29, 0.717) is 0 Å². The molecule has 1 saturated heterocycles. The molecule has 10 heavy (non-hydrogen) atoms. The smallest absolute Gasteiger partial charge is 0.130 e. The van der Waals surface area contributed by atoms with Crippen molar-refractivity contribution in [1.82, 2.24) is 4.90 Å². The molecule has 0 bridgehead atoms. The SMILES string of the molecule is C#C[C@H]1CN(C)C[C@H](C)O1. The van der Waals surface area contributed by atoms with Crippen LogP contribution in [0.2, 0.25) is 0 Å². The van der Waals surface area contributed by atoms with E-state index < -0.39 is 0 Å². The molecule has 1 aliphatic heterocycles. The summed E-state index contributed by atoms with van der Waals surface area (Å²) in [7, 11) is 2.06. The first-order chi connectivity index (χ1) is 4.72. The largest absolute Gasteiger partial charge is 0.360 e. The molecule has 0 aromatic carbocycles. The average molecular weight is 139 g/mol. The Morgan fingerprint density at radius 3 is 2.80 bits per heavy atom. The zero-order valence-electron chi connectivity index (χ0n) is 6.50. The van der Waals surface area contributed by atoms with Crippen molar-refractivity contribution < 1.29 is 4.74 Å². The normalized spacial score (nSPS) is 35.3. The number of ether oxygens (including phenoxy) is 1. The van der Waals surface area contributed by atoms with E-state index in [9.17, 15) is 0 Å². The minimum atomic E-state index is -0.00579. The summed E-state index contributed by atoms with van der Waals surface area (Å²) in [6.45, 7) is 3.89. The number of morpholine rings is 1. The van der Waals surface area contributed by atoms with Crippen LogP contribution in [0.3, 0.4) is 0 Å². The first kappa shape index (κ1) is 7.59. The zero-order chi connectivity index (χ0) is 7.56. The summed E-state index contributed by atoms with van der Waals surface area (Å²) < 4.78 is 5.43. The van der Waals surface area contributed by atoms with Gasteiger partial charge in [-0.15, -0.1) is 6.42 Å². The predicted molar refractivity (Wildman–Crippen MR) is 40.7 cm³/mol. The predicted octanol–water partition coefficient (Wildman–Crippen LogP) is 0.339. The molecular formula is C8H13NO. The van der Waals surface area contributed by atoms with Gasteiger partial charge in [0.15, 0.2) is 0 Å². The molecule has 0 amide bonds. The minimum Gasteiger partial charge on any atom is -0.360 e. The topological polar surface area (TPSA) is 12.5 Å². The van der Waals surface area contributed by atoms with E-state index >= 15 is 0 Å². The van der Waals surface area contributed by atoms with E-state index in [1.165, 1.54) is 0 Å². The molecule has 0 saturated carbocycles. The molecule has 0 aliphatic carbocycles. The lowest BCUT2D eigenvalue weighted by Gasteiger charge is -2.31. The highest BCUT2D eigenvalue weighted by Gasteiger charge is 2.20. The van der Waals surface area contributed by atoms with Gasteiger partial charge in [0.25, 0.3) is 0 Å². The van der Waals surface area contributed by atoms with Crippen molar-refractivity contribution in [3.8, 4) is 12.3 Å². The summed E-state index contributed by atoms with van der Waals surface area (Å²) in [6.07, 6.45) is 5.50. The third-order valence-electron chi connectivity index (χ3n) is 1.63. The lowest BCUT2D eigenvalue weighted by molar-refractivity contribution is -0.0422. The van der Waals surface area contributed by atoms with Gasteiger partial charge < -0.3 is 9.64 Å². The summed E-state index contributed by atoms with van der Waals surface area (Å²) >= 11 is 0. The summed E-state index contributed by atoms with van der Waals surface area (Å²) in [5.74, 6) is 2.60. The van der Waals surface area contributed by atoms with Crippen molar-refractivity contribution in [3.63, 3.8) is 0 Å². The van der Waals surface area contributed by atoms with Crippen molar-refractivity contribution in [1.29, 1.82) is 0 Å². The van der Waals surface area contributed by atoms with E-state index in [2.05, 4.69) is 17.9 Å². The lowest BCUT2D eigenvalue weighted by atomic mass is 10.2. The van der Waals surface area contributed by atoms with Crippen molar-refractivity contribution in [2.24, 2.45) is 0 Å². The lowest BCUT2D eigenvalue weighted by Crippen LogP contribution is -2.43. The molecular weight excluding hydrogens is 126 g/mol. The quantitative estimate of drug-likeness (QED) is 0.449. The van der Waals surface area contributed by atoms with Gasteiger partial charge in [0.1, 0.15) is 6.10 Å². The van der Waals surface area contributed by atoms with Crippen LogP contribution in [-0.2, 0) is 4.74 Å². The Bertz CT molecular complexity index is 140. The standard InChI is InChI=1S/C8H13NO/c1-4-8-6-9(3)5-7(2)10-8/h1,7-8H,5-6H2,2-3H3/t7-,8-/m0/s1. The summed E-state index contributed by atoms with van der Waals surface area (Å²) in [5, 5.41) is 0. The number of rotatable bonds is 0. The highest BCUT2D eigenvalue weighted by Crippen LogP contribution is 2.07. The number of nitrogens with zero attached hydrogens (tertiary/aromatic N) is 1. The molecule has 0 N–H and O–H groups in total. The monoisotopic (exact) mass is 139 g/mol. The Morgan fingerprint density at radius 1 is 1.60 bits per heavy atom. The van der Waals surface area contributed by atoms with Gasteiger partial charge in [0, 0.05) is 13.1 Å². The van der Waals surface area contributed by atoms with Crippen LogP contribution in [0, 0.1) is 12.3 Å². The number of terminal acetylenes is 1. The van der Waals surface area contributed by atoms with Gasteiger partial charge in [-0.2, -0.15) is 0 Å². The number of hydrogen-bond acceptors (Lipinski definition) is 2. The second kappa shape index (κ2) is 3.05. The highest BCUT2D eigenvalue weighted by molar-refractivity contribution is 4.98. The van der Waals surface area contributed by atoms with Gasteiger partial charge >= 0.3 is 0 Å². The van der Waals surface area contributed by atoms with E-state index in [4.69, 9.17) is 11.2 Å². The molecule has 1 rings (SSSR count). The Hall–Kier alpha value is -0.520. The molecule has 0 radical (unpaired) electrons. The summed E-state index contributed by atoms with van der Waals surface area (Å²) in [4.78, 5) is 2.19. The van der Waals surface area contributed by atoms with E-state index in [0.717, 1.165) is 13.1 Å². The fourth-order valence-electron chi connectivity index (χ4n) is 1.26. The molecule has 2 heteroatoms. The summed E-state index contributed by atoms with van der Waals surface area (Å²) in [6, 6.07) is 0. The van der Waals surface area contributed by atoms with Crippen molar-refractivity contribution >= 4 is 0 Å². The Morgan fingerprint density at radius 2 is 2.30 bits per heavy atom. The fourth-order valence-corrected chi connectivity index (χ4v) is 1.26. The summed E-state index contributed by atoms with van der Waals surface area (Å²) in [5.41, 5.74) is 0. The average Bonchev–Trinajstić information content (AvgIpc) is 1.85. The van der Waals surface area contributed by atoms with Gasteiger partial charge in [-0.25, -0.2) is 0 Å². The number of hydrogen-bond donors (Lipinski definition) is 0. The van der Waals surface area contributed by atoms with Crippen molar-refractivity contribution in [2.75, 3.05) is 20.1 Å². The zero-order valence-corrected chi connectivity index (χ0v) is 6.50. The fraction of sp³-hybridized carbons (Fsp3) is 0.750. The van der Waals surface area contributed by atoms with Crippen molar-refractivity contribution in [2.45, 2.75) is 19.1 Å². The molecule has 0 aromatic rings. The third kappa shape index (κ3) is 1.73. The Kier molecular flexibility index (Phi) is 2.31. The van der Waals surface area contributed by atoms with Gasteiger partial charge in [-0.05, 0) is 14.0 Å². The Balaban J connectivity index is 2.44. The maximum atomic E-state index is 5.43. The molecule has 1 heterocycles. The minimum absolute atomic E-state index is 0.00579. The number of likely N-dealkylation sites (N-methyl/N-ethyl adjacent to an activating group) is 1. The van der Waals surface area contributed by atoms with Crippen LogP contribution >= 0.6 is 0 Å². The van der Waals surface area contributed by atoms with Crippen LogP contribution in [0.4, 0.5) is 0 Å². The van der Waals surface area contributed by atoms with Crippen LogP contribution in [-0.4, -0.2) is 37.2 Å². The van der Waals surface area contributed by atoms with Gasteiger partial charge in [0.05, 0.1) is 6.10 Å². The molecule has 1 fully saturated rings. The molecule has 56 valence electrons. The van der Waals surface area contributed by atoms with Gasteiger partial charge in [0.2, 0.25) is 0 Å². The van der Waals surface area contributed by atoms with Gasteiger partial charge in [-0.3, -0.25) is 0 Å². The van der Waals surface area contributed by atoms with Crippen LogP contribution in [0.5, 0.6) is 0 Å². The maximum absolute atomic E-state index is 5.43. The Labute approximate surface area is 62.2 Å². The van der Waals surface area contributed by atoms with E-state index in [1.54, 1.807) is 0 Å². The van der Waals surface area contributed by atoms with Crippen LogP contribution in [0.1, 0.15) is 6.92 Å². The van der Waals surface area contributed by atoms with Crippen LogP contribution < -0.4 is 0 Å². The molecule has 2 nitrogen and oxygen atoms in total. The van der Waals surface area contributed by atoms with E-state index in [1.807, 2.05) is 6.92 Å². The first-order valence-electron chi connectivity index (χ1n) is 3.52. The van der Waals surface area contributed by atoms with E-state index in [-0.39, 0.29) is 12.2 Å². The van der Waals surface area contributed by atoms with Crippen molar-refractivity contribution in [3.05, 3.63) is 0 Å². The third-order valence-corrected chi connectivity index (χ3v) is 1.63. The molecule has 2 atom stereocenters. The van der Waals surface area contributed by atoms with Gasteiger partial charge in [-0.1, -0.05) is 5.92 Å². The molecule has 0 spiro atoms. The first-order valence-corrected chi connectivity index (χ1v) is 3.52. The van der Waals surface area contributed by atoms with Crippen LogP contribution in [0.15, 0.2) is 0 Å².